The van der Waals surface area contributed by atoms with Crippen LogP contribution in [0.25, 0.3) is 0 Å². The van der Waals surface area contributed by atoms with Crippen molar-refractivity contribution in [2.75, 3.05) is 31.3 Å². The lowest BCUT2D eigenvalue weighted by molar-refractivity contribution is 0.171. The smallest absolute Gasteiger partial charge is 0.179 e. The van der Waals surface area contributed by atoms with Gasteiger partial charge in [-0.2, -0.15) is 0 Å². The molecule has 0 spiro atoms. The third-order valence-electron chi connectivity index (χ3n) is 3.75. The van der Waals surface area contributed by atoms with Gasteiger partial charge in [-0.15, -0.1) is 0 Å². The van der Waals surface area contributed by atoms with E-state index in [1.165, 1.54) is 0 Å². The minimum absolute atomic E-state index is 0.211. The number of nitrogens with one attached hydrogen (secondary N) is 1. The molecule has 1 fully saturated rings. The Bertz CT molecular complexity index is 632. The van der Waals surface area contributed by atoms with E-state index in [4.69, 9.17) is 21.1 Å². The van der Waals surface area contributed by atoms with E-state index in [0.29, 0.717) is 54.3 Å². The average molecular weight is 332 g/mol. The van der Waals surface area contributed by atoms with E-state index in [-0.39, 0.29) is 5.92 Å². The second kappa shape index (κ2) is 6.02. The third kappa shape index (κ3) is 3.62. The first kappa shape index (κ1) is 14.9. The van der Waals surface area contributed by atoms with Crippen LogP contribution in [0, 0.1) is 5.92 Å². The van der Waals surface area contributed by atoms with E-state index in [1.807, 2.05) is 12.1 Å². The van der Waals surface area contributed by atoms with Crippen molar-refractivity contribution in [3.05, 3.63) is 22.7 Å². The lowest BCUT2D eigenvalue weighted by Gasteiger charge is -2.20. The summed E-state index contributed by atoms with van der Waals surface area (Å²) in [6.45, 7) is 2.37. The number of benzene rings is 1. The molecule has 7 heteroatoms. The predicted octanol–water partition coefficient (Wildman–Crippen LogP) is 1.64. The van der Waals surface area contributed by atoms with Gasteiger partial charge in [0.05, 0.1) is 16.5 Å². The molecule has 0 saturated carbocycles. The Hall–Kier alpha value is -0.980. The van der Waals surface area contributed by atoms with Gasteiger partial charge in [-0.05, 0) is 36.6 Å². The molecular formula is C14H18ClNO4S. The molecule has 3 rings (SSSR count). The van der Waals surface area contributed by atoms with Crippen LogP contribution < -0.4 is 14.8 Å². The second-order valence-corrected chi connectivity index (χ2v) is 8.14. The van der Waals surface area contributed by atoms with E-state index >= 15 is 0 Å². The first-order chi connectivity index (χ1) is 10.0. The molecular weight excluding hydrogens is 314 g/mol. The molecule has 1 atom stereocenters. The Labute approximate surface area is 129 Å². The summed E-state index contributed by atoms with van der Waals surface area (Å²) in [5.41, 5.74) is 1.00. The second-order valence-electron chi connectivity index (χ2n) is 5.50. The fraction of sp³-hybridized carbons (Fsp3) is 0.571. The van der Waals surface area contributed by atoms with Gasteiger partial charge in [0, 0.05) is 6.54 Å². The van der Waals surface area contributed by atoms with Crippen molar-refractivity contribution >= 4 is 21.4 Å². The zero-order valence-corrected chi connectivity index (χ0v) is 13.2. The normalized spacial score (nSPS) is 23.2. The molecule has 5 nitrogen and oxygen atoms in total. The molecule has 0 amide bonds. The Kier molecular flexibility index (Phi) is 4.28. The Morgan fingerprint density at radius 3 is 2.86 bits per heavy atom. The van der Waals surface area contributed by atoms with Gasteiger partial charge < -0.3 is 14.8 Å². The van der Waals surface area contributed by atoms with E-state index < -0.39 is 9.84 Å². The van der Waals surface area contributed by atoms with Crippen LogP contribution in [0.4, 0.5) is 0 Å². The van der Waals surface area contributed by atoms with Gasteiger partial charge in [0.25, 0.3) is 0 Å². The molecule has 2 aliphatic heterocycles. The zero-order chi connectivity index (χ0) is 14.9. The van der Waals surface area contributed by atoms with E-state index in [1.54, 1.807) is 0 Å². The number of rotatable bonds is 4. The molecule has 0 aliphatic carbocycles. The van der Waals surface area contributed by atoms with E-state index in [9.17, 15) is 8.42 Å². The van der Waals surface area contributed by atoms with Crippen LogP contribution in [-0.2, 0) is 16.4 Å². The lowest BCUT2D eigenvalue weighted by Crippen LogP contribution is -2.23. The number of hydrogen-bond acceptors (Lipinski definition) is 5. The summed E-state index contributed by atoms with van der Waals surface area (Å²) in [5.74, 6) is 2.10. The summed E-state index contributed by atoms with van der Waals surface area (Å²) in [4.78, 5) is 0. The highest BCUT2D eigenvalue weighted by Crippen LogP contribution is 2.38. The van der Waals surface area contributed by atoms with Crippen LogP contribution in [0.15, 0.2) is 12.1 Å². The van der Waals surface area contributed by atoms with Crippen LogP contribution in [0.5, 0.6) is 11.5 Å². The topological polar surface area (TPSA) is 64.6 Å². The van der Waals surface area contributed by atoms with E-state index in [0.717, 1.165) is 12.0 Å². The molecule has 0 bridgehead atoms. The van der Waals surface area contributed by atoms with E-state index in [2.05, 4.69) is 5.32 Å². The maximum absolute atomic E-state index is 11.4. The SMILES string of the molecule is O=S1(=O)CCC(CNCc2cc(Cl)c3c(c2)OCCO3)C1. The fourth-order valence-corrected chi connectivity index (χ4v) is 4.87. The molecule has 2 heterocycles. The Morgan fingerprint density at radius 1 is 1.29 bits per heavy atom. The average Bonchev–Trinajstić information content (AvgIpc) is 2.78. The zero-order valence-electron chi connectivity index (χ0n) is 11.6. The summed E-state index contributed by atoms with van der Waals surface area (Å²) < 4.78 is 33.8. The maximum atomic E-state index is 11.4. The first-order valence-corrected chi connectivity index (χ1v) is 9.22. The van der Waals surface area contributed by atoms with Crippen molar-refractivity contribution in [2.45, 2.75) is 13.0 Å². The summed E-state index contributed by atoms with van der Waals surface area (Å²) in [6, 6.07) is 3.77. The summed E-state index contributed by atoms with van der Waals surface area (Å²) in [5, 5.41) is 3.84. The largest absolute Gasteiger partial charge is 0.486 e. The molecule has 0 aromatic heterocycles. The van der Waals surface area contributed by atoms with Crippen LogP contribution in [-0.4, -0.2) is 39.7 Å². The highest BCUT2D eigenvalue weighted by Gasteiger charge is 2.27. The van der Waals surface area contributed by atoms with Crippen molar-refractivity contribution in [3.63, 3.8) is 0 Å². The number of ether oxygens (including phenoxy) is 2. The van der Waals surface area contributed by atoms with Gasteiger partial charge >= 0.3 is 0 Å². The molecule has 2 aliphatic rings. The van der Waals surface area contributed by atoms with Crippen molar-refractivity contribution in [3.8, 4) is 11.5 Å². The van der Waals surface area contributed by atoms with Crippen molar-refractivity contribution in [2.24, 2.45) is 5.92 Å². The van der Waals surface area contributed by atoms with Gasteiger partial charge in [0.15, 0.2) is 21.3 Å². The molecule has 1 unspecified atom stereocenters. The fourth-order valence-electron chi connectivity index (χ4n) is 2.72. The Morgan fingerprint density at radius 2 is 2.10 bits per heavy atom. The number of halogens is 1. The predicted molar refractivity (Wildman–Crippen MR) is 80.9 cm³/mol. The monoisotopic (exact) mass is 331 g/mol. The highest BCUT2D eigenvalue weighted by molar-refractivity contribution is 7.91. The molecule has 116 valence electrons. The summed E-state index contributed by atoms with van der Waals surface area (Å²) in [6.07, 6.45) is 0.747. The lowest BCUT2D eigenvalue weighted by atomic mass is 10.1. The number of sulfone groups is 1. The van der Waals surface area contributed by atoms with Gasteiger partial charge in [0.1, 0.15) is 13.2 Å². The number of fused-ring (bicyclic) bond motifs is 1. The molecule has 21 heavy (non-hydrogen) atoms. The first-order valence-electron chi connectivity index (χ1n) is 7.03. The molecule has 1 N–H and O–H groups in total. The van der Waals surface area contributed by atoms with Crippen molar-refractivity contribution in [1.82, 2.24) is 5.32 Å². The van der Waals surface area contributed by atoms with Crippen LogP contribution in [0.2, 0.25) is 5.02 Å². The van der Waals surface area contributed by atoms with Crippen molar-refractivity contribution < 1.29 is 17.9 Å². The molecule has 1 aromatic carbocycles. The van der Waals surface area contributed by atoms with Crippen LogP contribution in [0.1, 0.15) is 12.0 Å². The van der Waals surface area contributed by atoms with Crippen molar-refractivity contribution in [1.29, 1.82) is 0 Å². The minimum Gasteiger partial charge on any atom is -0.486 e. The van der Waals surface area contributed by atoms with Crippen LogP contribution >= 0.6 is 11.6 Å². The van der Waals surface area contributed by atoms with Gasteiger partial charge in [-0.3, -0.25) is 0 Å². The highest BCUT2D eigenvalue weighted by atomic mass is 35.5. The number of hydrogen-bond donors (Lipinski definition) is 1. The summed E-state index contributed by atoms with van der Waals surface area (Å²) in [7, 11) is -2.81. The van der Waals surface area contributed by atoms with Gasteiger partial charge in [-0.1, -0.05) is 11.6 Å². The maximum Gasteiger partial charge on any atom is 0.179 e. The summed E-state index contributed by atoms with van der Waals surface area (Å²) >= 11 is 6.18. The molecule has 1 saturated heterocycles. The van der Waals surface area contributed by atoms with Crippen LogP contribution in [0.3, 0.4) is 0 Å². The molecule has 0 radical (unpaired) electrons. The quantitative estimate of drug-likeness (QED) is 0.908. The molecule has 1 aromatic rings. The van der Waals surface area contributed by atoms with Gasteiger partial charge in [0.2, 0.25) is 0 Å². The third-order valence-corrected chi connectivity index (χ3v) is 5.86. The minimum atomic E-state index is -2.81. The van der Waals surface area contributed by atoms with Gasteiger partial charge in [-0.25, -0.2) is 8.42 Å². The standard InChI is InChI=1S/C14H18ClNO4S/c15-12-5-11(6-13-14(12)20-3-2-19-13)8-16-7-10-1-4-21(17,18)9-10/h5-6,10,16H,1-4,7-9H2. The Balaban J connectivity index is 1.57.